The Hall–Kier alpha value is -2.06. The first-order valence-electron chi connectivity index (χ1n) is 5.62. The van der Waals surface area contributed by atoms with Crippen LogP contribution in [0.15, 0.2) is 65.6 Å². The molecule has 3 aromatic rings. The zero-order valence-corrected chi connectivity index (χ0v) is 10.3. The van der Waals surface area contributed by atoms with Gasteiger partial charge in [-0.2, -0.15) is 0 Å². The van der Waals surface area contributed by atoms with Crippen LogP contribution in [0.3, 0.4) is 0 Å². The Balaban J connectivity index is 2.27. The quantitative estimate of drug-likeness (QED) is 0.651. The molecule has 0 saturated carbocycles. The number of fused-ring (bicyclic) bond motifs is 1. The standard InChI is InChI=1S/C15H10ClNO/c16-12-6-4-11(5-7-12)14-9-8-13-3-1-2-10-17(13)15(14)18/h1-10H. The highest BCUT2D eigenvalue weighted by atomic mass is 35.5. The number of rotatable bonds is 1. The van der Waals surface area contributed by atoms with Crippen molar-refractivity contribution in [2.75, 3.05) is 0 Å². The van der Waals surface area contributed by atoms with Gasteiger partial charge in [0.1, 0.15) is 0 Å². The van der Waals surface area contributed by atoms with Crippen LogP contribution in [0.4, 0.5) is 0 Å². The largest absolute Gasteiger partial charge is 0.284 e. The highest BCUT2D eigenvalue weighted by Crippen LogP contribution is 2.19. The van der Waals surface area contributed by atoms with Crippen molar-refractivity contribution in [2.45, 2.75) is 0 Å². The van der Waals surface area contributed by atoms with Gasteiger partial charge in [-0.25, -0.2) is 0 Å². The molecule has 0 radical (unpaired) electrons. The SMILES string of the molecule is O=c1c(-c2ccc(Cl)cc2)ccc2ccccn12. The Labute approximate surface area is 109 Å². The zero-order valence-electron chi connectivity index (χ0n) is 9.51. The zero-order chi connectivity index (χ0) is 12.5. The molecule has 88 valence electrons. The van der Waals surface area contributed by atoms with E-state index in [4.69, 9.17) is 11.6 Å². The smallest absolute Gasteiger partial charge is 0.262 e. The first kappa shape index (κ1) is 11.1. The minimum atomic E-state index is -0.0181. The number of nitrogens with zero attached hydrogens (tertiary/aromatic N) is 1. The number of hydrogen-bond acceptors (Lipinski definition) is 1. The molecule has 0 aliphatic rings. The molecule has 0 spiro atoms. The molecule has 1 aromatic carbocycles. The summed E-state index contributed by atoms with van der Waals surface area (Å²) in [6.45, 7) is 0. The molecular formula is C15H10ClNO. The van der Waals surface area contributed by atoms with E-state index in [2.05, 4.69) is 0 Å². The van der Waals surface area contributed by atoms with E-state index in [1.165, 1.54) is 0 Å². The summed E-state index contributed by atoms with van der Waals surface area (Å²) < 4.78 is 1.64. The van der Waals surface area contributed by atoms with Crippen LogP contribution in [-0.4, -0.2) is 4.40 Å². The average molecular weight is 256 g/mol. The van der Waals surface area contributed by atoms with Gasteiger partial charge in [-0.05, 0) is 42.0 Å². The maximum atomic E-state index is 12.3. The maximum absolute atomic E-state index is 12.3. The number of halogens is 1. The number of benzene rings is 1. The molecule has 0 amide bonds. The summed E-state index contributed by atoms with van der Waals surface area (Å²) >= 11 is 5.85. The summed E-state index contributed by atoms with van der Waals surface area (Å²) in [5.74, 6) is 0. The molecular weight excluding hydrogens is 246 g/mol. The van der Waals surface area contributed by atoms with Crippen LogP contribution in [0.1, 0.15) is 0 Å². The average Bonchev–Trinajstić information content (AvgIpc) is 2.41. The summed E-state index contributed by atoms with van der Waals surface area (Å²) in [6.07, 6.45) is 1.77. The van der Waals surface area contributed by atoms with Crippen LogP contribution in [0.5, 0.6) is 0 Å². The van der Waals surface area contributed by atoms with Gasteiger partial charge in [0.05, 0.1) is 0 Å². The molecule has 3 heteroatoms. The molecule has 3 rings (SSSR count). The summed E-state index contributed by atoms with van der Waals surface area (Å²) in [6, 6.07) is 16.7. The topological polar surface area (TPSA) is 21.5 Å². The van der Waals surface area contributed by atoms with Crippen molar-refractivity contribution >= 4 is 17.1 Å². The minimum Gasteiger partial charge on any atom is -0.284 e. The van der Waals surface area contributed by atoms with Crippen molar-refractivity contribution in [3.8, 4) is 11.1 Å². The number of aromatic nitrogens is 1. The fourth-order valence-electron chi connectivity index (χ4n) is 2.00. The van der Waals surface area contributed by atoms with Crippen LogP contribution < -0.4 is 5.56 Å². The Morgan fingerprint density at radius 1 is 0.889 bits per heavy atom. The van der Waals surface area contributed by atoms with Gasteiger partial charge in [0.2, 0.25) is 0 Å². The summed E-state index contributed by atoms with van der Waals surface area (Å²) in [5, 5.41) is 0.666. The molecule has 2 heterocycles. The van der Waals surface area contributed by atoms with Crippen LogP contribution in [0.2, 0.25) is 5.02 Å². The monoisotopic (exact) mass is 255 g/mol. The van der Waals surface area contributed by atoms with Crippen LogP contribution in [0.25, 0.3) is 16.6 Å². The van der Waals surface area contributed by atoms with E-state index in [-0.39, 0.29) is 5.56 Å². The van der Waals surface area contributed by atoms with E-state index < -0.39 is 0 Å². The Morgan fingerprint density at radius 2 is 1.67 bits per heavy atom. The molecule has 0 saturated heterocycles. The first-order valence-corrected chi connectivity index (χ1v) is 6.00. The van der Waals surface area contributed by atoms with Gasteiger partial charge in [-0.15, -0.1) is 0 Å². The molecule has 0 unspecified atom stereocenters. The lowest BCUT2D eigenvalue weighted by atomic mass is 10.1. The summed E-state index contributed by atoms with van der Waals surface area (Å²) in [5.41, 5.74) is 2.42. The lowest BCUT2D eigenvalue weighted by Gasteiger charge is -2.04. The molecule has 2 nitrogen and oxygen atoms in total. The van der Waals surface area contributed by atoms with Crippen molar-refractivity contribution in [3.63, 3.8) is 0 Å². The van der Waals surface area contributed by atoms with E-state index in [0.29, 0.717) is 10.6 Å². The molecule has 0 atom stereocenters. The maximum Gasteiger partial charge on any atom is 0.262 e. The van der Waals surface area contributed by atoms with E-state index in [9.17, 15) is 4.79 Å². The Morgan fingerprint density at radius 3 is 2.44 bits per heavy atom. The molecule has 0 aliphatic heterocycles. The van der Waals surface area contributed by atoms with Gasteiger partial charge in [0, 0.05) is 22.3 Å². The van der Waals surface area contributed by atoms with E-state index in [1.807, 2.05) is 42.5 Å². The fraction of sp³-hybridized carbons (Fsp3) is 0. The van der Waals surface area contributed by atoms with Crippen molar-refractivity contribution in [2.24, 2.45) is 0 Å². The number of pyridine rings is 2. The van der Waals surface area contributed by atoms with Gasteiger partial charge in [0.25, 0.3) is 5.56 Å². The van der Waals surface area contributed by atoms with Crippen LogP contribution >= 0.6 is 11.6 Å². The van der Waals surface area contributed by atoms with Gasteiger partial charge in [-0.3, -0.25) is 9.20 Å². The molecule has 0 fully saturated rings. The second-order valence-corrected chi connectivity index (χ2v) is 4.49. The van der Waals surface area contributed by atoms with Crippen molar-refractivity contribution in [1.29, 1.82) is 0 Å². The van der Waals surface area contributed by atoms with E-state index in [1.54, 1.807) is 22.7 Å². The highest BCUT2D eigenvalue weighted by molar-refractivity contribution is 6.30. The van der Waals surface area contributed by atoms with Crippen molar-refractivity contribution < 1.29 is 0 Å². The third-order valence-corrected chi connectivity index (χ3v) is 3.17. The molecule has 0 aliphatic carbocycles. The fourth-order valence-corrected chi connectivity index (χ4v) is 2.12. The minimum absolute atomic E-state index is 0.0181. The van der Waals surface area contributed by atoms with E-state index >= 15 is 0 Å². The molecule has 0 bridgehead atoms. The number of hydrogen-bond donors (Lipinski definition) is 0. The normalized spacial score (nSPS) is 10.7. The van der Waals surface area contributed by atoms with Gasteiger partial charge in [0.15, 0.2) is 0 Å². The Kier molecular flexibility index (Phi) is 2.65. The third-order valence-electron chi connectivity index (χ3n) is 2.92. The van der Waals surface area contributed by atoms with Crippen LogP contribution in [0, 0.1) is 0 Å². The Bertz CT molecular complexity index is 759. The van der Waals surface area contributed by atoms with Gasteiger partial charge < -0.3 is 0 Å². The summed E-state index contributed by atoms with van der Waals surface area (Å²) in [7, 11) is 0. The summed E-state index contributed by atoms with van der Waals surface area (Å²) in [4.78, 5) is 12.3. The second-order valence-electron chi connectivity index (χ2n) is 4.05. The molecule has 18 heavy (non-hydrogen) atoms. The molecule has 2 aromatic heterocycles. The second kappa shape index (κ2) is 4.31. The van der Waals surface area contributed by atoms with Crippen LogP contribution in [-0.2, 0) is 0 Å². The highest BCUT2D eigenvalue weighted by Gasteiger charge is 2.05. The lowest BCUT2D eigenvalue weighted by molar-refractivity contribution is 1.10. The van der Waals surface area contributed by atoms with Gasteiger partial charge in [-0.1, -0.05) is 29.8 Å². The predicted molar refractivity (Wildman–Crippen MR) is 74.1 cm³/mol. The predicted octanol–water partition coefficient (Wildman–Crippen LogP) is 3.62. The van der Waals surface area contributed by atoms with E-state index in [0.717, 1.165) is 11.1 Å². The first-order chi connectivity index (χ1) is 8.75. The van der Waals surface area contributed by atoms with Crippen molar-refractivity contribution in [1.82, 2.24) is 4.40 Å². The van der Waals surface area contributed by atoms with Gasteiger partial charge >= 0.3 is 0 Å². The third kappa shape index (κ3) is 1.81. The van der Waals surface area contributed by atoms with Crippen molar-refractivity contribution in [3.05, 3.63) is 76.2 Å². The molecule has 0 N–H and O–H groups in total. The lowest BCUT2D eigenvalue weighted by Crippen LogP contribution is -2.14.